The zero-order valence-electron chi connectivity index (χ0n) is 9.91. The van der Waals surface area contributed by atoms with Crippen LogP contribution in [0.3, 0.4) is 0 Å². The maximum Gasteiger partial charge on any atom is 0.416 e. The van der Waals surface area contributed by atoms with Gasteiger partial charge in [-0.15, -0.1) is 23.7 Å². The Morgan fingerprint density at radius 2 is 1.74 bits per heavy atom. The molecule has 0 aliphatic carbocycles. The molecule has 1 aromatic heterocycles. The molecule has 0 fully saturated rings. The number of thiophene rings is 1. The Morgan fingerprint density at radius 3 is 2.37 bits per heavy atom. The van der Waals surface area contributed by atoms with Gasteiger partial charge in [-0.05, 0) is 23.1 Å². The highest BCUT2D eigenvalue weighted by atomic mass is 35.5. The van der Waals surface area contributed by atoms with Crippen LogP contribution in [0.25, 0.3) is 0 Å². The smallest absolute Gasteiger partial charge is 0.308 e. The number of nitrogens with one attached hydrogen (secondary N) is 1. The number of alkyl halides is 3. The van der Waals surface area contributed by atoms with Crippen molar-refractivity contribution in [3.8, 4) is 0 Å². The third-order valence-electron chi connectivity index (χ3n) is 2.52. The van der Waals surface area contributed by atoms with Crippen molar-refractivity contribution in [1.82, 2.24) is 5.32 Å². The van der Waals surface area contributed by atoms with E-state index in [0.29, 0.717) is 6.54 Å². The molecule has 0 amide bonds. The molecule has 2 rings (SSSR count). The molecule has 0 saturated carbocycles. The molecule has 1 heterocycles. The monoisotopic (exact) mass is 307 g/mol. The minimum absolute atomic E-state index is 0. The van der Waals surface area contributed by atoms with Crippen molar-refractivity contribution >= 4 is 23.7 Å². The third-order valence-corrected chi connectivity index (χ3v) is 3.39. The van der Waals surface area contributed by atoms with Gasteiger partial charge in [-0.25, -0.2) is 0 Å². The summed E-state index contributed by atoms with van der Waals surface area (Å²) in [6, 6.07) is 9.52. The Bertz CT molecular complexity index is 497. The fourth-order valence-electron chi connectivity index (χ4n) is 1.68. The molecule has 0 unspecified atom stereocenters. The van der Waals surface area contributed by atoms with E-state index in [9.17, 15) is 13.2 Å². The SMILES string of the molecule is Cl.FC(F)(F)c1ccccc1CNCc1cccs1. The van der Waals surface area contributed by atoms with Gasteiger partial charge in [-0.3, -0.25) is 0 Å². The van der Waals surface area contributed by atoms with Crippen molar-refractivity contribution in [3.63, 3.8) is 0 Å². The molecule has 2 aromatic rings. The van der Waals surface area contributed by atoms with Crippen LogP contribution in [0.4, 0.5) is 13.2 Å². The van der Waals surface area contributed by atoms with Gasteiger partial charge in [0.1, 0.15) is 0 Å². The molecular weight excluding hydrogens is 295 g/mol. The minimum atomic E-state index is -4.29. The standard InChI is InChI=1S/C13H12F3NS.ClH/c14-13(15,16)12-6-2-1-4-10(12)8-17-9-11-5-3-7-18-11;/h1-7,17H,8-9H2;1H. The summed E-state index contributed by atoms with van der Waals surface area (Å²) in [7, 11) is 0. The third kappa shape index (κ3) is 4.53. The largest absolute Gasteiger partial charge is 0.416 e. The van der Waals surface area contributed by atoms with Crippen molar-refractivity contribution in [2.24, 2.45) is 0 Å². The highest BCUT2D eigenvalue weighted by Gasteiger charge is 2.32. The molecule has 1 nitrogen and oxygen atoms in total. The summed E-state index contributed by atoms with van der Waals surface area (Å²) in [5.41, 5.74) is -0.287. The molecule has 104 valence electrons. The maximum absolute atomic E-state index is 12.7. The molecule has 0 spiro atoms. The van der Waals surface area contributed by atoms with E-state index in [4.69, 9.17) is 0 Å². The molecule has 1 aromatic carbocycles. The lowest BCUT2D eigenvalue weighted by molar-refractivity contribution is -0.138. The first-order valence-electron chi connectivity index (χ1n) is 5.45. The molecular formula is C13H13ClF3NS. The number of hydrogen-bond acceptors (Lipinski definition) is 2. The van der Waals surface area contributed by atoms with E-state index in [-0.39, 0.29) is 24.5 Å². The predicted octanol–water partition coefficient (Wildman–Crippen LogP) is 4.48. The normalized spacial score (nSPS) is 11.1. The Kier molecular flexibility index (Phi) is 5.85. The first-order valence-corrected chi connectivity index (χ1v) is 6.33. The van der Waals surface area contributed by atoms with Crippen molar-refractivity contribution in [3.05, 3.63) is 57.8 Å². The minimum Gasteiger partial charge on any atom is -0.308 e. The number of hydrogen-bond donors (Lipinski definition) is 1. The average Bonchev–Trinajstić information content (AvgIpc) is 2.81. The van der Waals surface area contributed by atoms with E-state index in [0.717, 1.165) is 10.9 Å². The van der Waals surface area contributed by atoms with E-state index < -0.39 is 11.7 Å². The lowest BCUT2D eigenvalue weighted by Gasteiger charge is -2.12. The van der Waals surface area contributed by atoms with Crippen LogP contribution in [-0.4, -0.2) is 0 Å². The number of benzene rings is 1. The molecule has 0 aliphatic rings. The first kappa shape index (κ1) is 16.0. The van der Waals surface area contributed by atoms with Gasteiger partial charge < -0.3 is 5.32 Å². The molecule has 0 atom stereocenters. The van der Waals surface area contributed by atoms with Gasteiger partial charge >= 0.3 is 6.18 Å². The van der Waals surface area contributed by atoms with Crippen LogP contribution >= 0.6 is 23.7 Å². The van der Waals surface area contributed by atoms with Crippen LogP contribution < -0.4 is 5.32 Å². The lowest BCUT2D eigenvalue weighted by atomic mass is 10.1. The summed E-state index contributed by atoms with van der Waals surface area (Å²) in [6.45, 7) is 0.803. The van der Waals surface area contributed by atoms with Gasteiger partial charge in [0.2, 0.25) is 0 Å². The van der Waals surface area contributed by atoms with Gasteiger partial charge in [0, 0.05) is 18.0 Å². The zero-order chi connectivity index (χ0) is 13.0. The van der Waals surface area contributed by atoms with Crippen molar-refractivity contribution < 1.29 is 13.2 Å². The Hall–Kier alpha value is -1.04. The van der Waals surface area contributed by atoms with Gasteiger partial charge in [0.05, 0.1) is 5.56 Å². The average molecular weight is 308 g/mol. The van der Waals surface area contributed by atoms with Crippen LogP contribution in [-0.2, 0) is 19.3 Å². The van der Waals surface area contributed by atoms with Crippen LogP contribution in [0, 0.1) is 0 Å². The summed E-state index contributed by atoms with van der Waals surface area (Å²) >= 11 is 1.58. The fourth-order valence-corrected chi connectivity index (χ4v) is 2.36. The second kappa shape index (κ2) is 6.93. The highest BCUT2D eigenvalue weighted by molar-refractivity contribution is 7.09. The van der Waals surface area contributed by atoms with Crippen LogP contribution in [0.2, 0.25) is 0 Å². The van der Waals surface area contributed by atoms with Crippen LogP contribution in [0.1, 0.15) is 16.0 Å². The van der Waals surface area contributed by atoms with E-state index in [1.807, 2.05) is 17.5 Å². The molecule has 1 N–H and O–H groups in total. The first-order chi connectivity index (χ1) is 8.57. The second-order valence-corrected chi connectivity index (χ2v) is 4.87. The molecule has 0 bridgehead atoms. The Balaban J connectivity index is 0.00000180. The quantitative estimate of drug-likeness (QED) is 0.878. The molecule has 6 heteroatoms. The van der Waals surface area contributed by atoms with E-state index in [2.05, 4.69) is 5.32 Å². The van der Waals surface area contributed by atoms with Crippen LogP contribution in [0.5, 0.6) is 0 Å². The second-order valence-electron chi connectivity index (χ2n) is 3.84. The summed E-state index contributed by atoms with van der Waals surface area (Å²) in [5.74, 6) is 0. The Morgan fingerprint density at radius 1 is 1.00 bits per heavy atom. The molecule has 0 saturated heterocycles. The van der Waals surface area contributed by atoms with Gasteiger partial charge in [0.15, 0.2) is 0 Å². The molecule has 0 aliphatic heterocycles. The summed E-state index contributed by atoms with van der Waals surface area (Å²) in [6.07, 6.45) is -4.29. The van der Waals surface area contributed by atoms with Crippen LogP contribution in [0.15, 0.2) is 41.8 Å². The zero-order valence-corrected chi connectivity index (χ0v) is 11.5. The van der Waals surface area contributed by atoms with Gasteiger partial charge in [-0.2, -0.15) is 13.2 Å². The van der Waals surface area contributed by atoms with E-state index in [1.54, 1.807) is 17.4 Å². The predicted molar refractivity (Wildman–Crippen MR) is 73.6 cm³/mol. The summed E-state index contributed by atoms with van der Waals surface area (Å²) in [4.78, 5) is 1.11. The van der Waals surface area contributed by atoms with E-state index >= 15 is 0 Å². The van der Waals surface area contributed by atoms with Gasteiger partial charge in [-0.1, -0.05) is 24.3 Å². The number of halogens is 4. The van der Waals surface area contributed by atoms with Gasteiger partial charge in [0.25, 0.3) is 0 Å². The molecule has 19 heavy (non-hydrogen) atoms. The maximum atomic E-state index is 12.7. The van der Waals surface area contributed by atoms with E-state index in [1.165, 1.54) is 12.1 Å². The topological polar surface area (TPSA) is 12.0 Å². The lowest BCUT2D eigenvalue weighted by Crippen LogP contribution is -2.16. The highest BCUT2D eigenvalue weighted by Crippen LogP contribution is 2.31. The summed E-state index contributed by atoms with van der Waals surface area (Å²) < 4.78 is 38.2. The van der Waals surface area contributed by atoms with Crippen molar-refractivity contribution in [1.29, 1.82) is 0 Å². The fraction of sp³-hybridized carbons (Fsp3) is 0.231. The van der Waals surface area contributed by atoms with Crippen molar-refractivity contribution in [2.45, 2.75) is 19.3 Å². The van der Waals surface area contributed by atoms with Crippen molar-refractivity contribution in [2.75, 3.05) is 0 Å². The Labute approximate surface area is 119 Å². The summed E-state index contributed by atoms with van der Waals surface area (Å²) in [5, 5.41) is 4.97. The molecule has 0 radical (unpaired) electrons. The number of rotatable bonds is 4.